The summed E-state index contributed by atoms with van der Waals surface area (Å²) in [6.45, 7) is 4.85. The maximum Gasteiger partial charge on any atom is 0.239 e. The lowest BCUT2D eigenvalue weighted by atomic mass is 10.0. The Hall–Kier alpha value is -1.39. The van der Waals surface area contributed by atoms with E-state index in [4.69, 9.17) is 10.8 Å². The second-order valence-corrected chi connectivity index (χ2v) is 5.21. The summed E-state index contributed by atoms with van der Waals surface area (Å²) in [4.78, 5) is 13.9. The monoisotopic (exact) mass is 264 g/mol. The van der Waals surface area contributed by atoms with E-state index in [1.54, 1.807) is 4.90 Å². The summed E-state index contributed by atoms with van der Waals surface area (Å²) in [7, 11) is 0. The second kappa shape index (κ2) is 7.92. The van der Waals surface area contributed by atoms with E-state index in [0.717, 1.165) is 5.56 Å². The Morgan fingerprint density at radius 3 is 2.47 bits per heavy atom. The van der Waals surface area contributed by atoms with Gasteiger partial charge in [-0.15, -0.1) is 0 Å². The molecule has 0 heterocycles. The van der Waals surface area contributed by atoms with E-state index in [2.05, 4.69) is 0 Å². The third kappa shape index (κ3) is 5.41. The molecule has 1 aromatic carbocycles. The first-order valence-corrected chi connectivity index (χ1v) is 6.73. The Kier molecular flexibility index (Phi) is 6.53. The number of rotatable bonds is 7. The average molecular weight is 264 g/mol. The predicted octanol–water partition coefficient (Wildman–Crippen LogP) is 1.38. The molecule has 4 heteroatoms. The summed E-state index contributed by atoms with van der Waals surface area (Å²) in [5, 5.41) is 9.09. The lowest BCUT2D eigenvalue weighted by molar-refractivity contribution is -0.134. The van der Waals surface area contributed by atoms with Crippen LogP contribution in [0.3, 0.4) is 0 Å². The number of carbonyl (C=O) groups excluding carboxylic acids is 1. The average Bonchev–Trinajstić information content (AvgIpc) is 2.38. The van der Waals surface area contributed by atoms with Gasteiger partial charge in [-0.3, -0.25) is 4.79 Å². The molecule has 0 fully saturated rings. The minimum atomic E-state index is -0.490. The molecule has 19 heavy (non-hydrogen) atoms. The number of aliphatic hydroxyl groups excluding tert-OH is 1. The van der Waals surface area contributed by atoms with Crippen LogP contribution in [0.5, 0.6) is 0 Å². The summed E-state index contributed by atoms with van der Waals surface area (Å²) < 4.78 is 0. The zero-order chi connectivity index (χ0) is 14.3. The molecular weight excluding hydrogens is 240 g/mol. The van der Waals surface area contributed by atoms with E-state index in [9.17, 15) is 4.79 Å². The lowest BCUT2D eigenvalue weighted by Gasteiger charge is -2.26. The van der Waals surface area contributed by atoms with Gasteiger partial charge in [0, 0.05) is 13.1 Å². The maximum absolute atomic E-state index is 12.3. The second-order valence-electron chi connectivity index (χ2n) is 5.21. The predicted molar refractivity (Wildman–Crippen MR) is 76.4 cm³/mol. The summed E-state index contributed by atoms with van der Waals surface area (Å²) in [6.07, 6.45) is 0.662. The van der Waals surface area contributed by atoms with Crippen molar-refractivity contribution in [3.63, 3.8) is 0 Å². The van der Waals surface area contributed by atoms with Crippen molar-refractivity contribution in [1.29, 1.82) is 0 Å². The Labute approximate surface area is 115 Å². The molecule has 1 rings (SSSR count). The van der Waals surface area contributed by atoms with Gasteiger partial charge in [0.15, 0.2) is 0 Å². The van der Waals surface area contributed by atoms with Crippen LogP contribution in [0.15, 0.2) is 30.3 Å². The van der Waals surface area contributed by atoms with Crippen LogP contribution < -0.4 is 5.73 Å². The summed E-state index contributed by atoms with van der Waals surface area (Å²) in [5.41, 5.74) is 6.97. The Morgan fingerprint density at radius 1 is 1.32 bits per heavy atom. The quantitative estimate of drug-likeness (QED) is 0.782. The SMILES string of the molecule is CC(C)C[C@H](N)C(=O)N(CCO)Cc1ccccc1. The Bertz CT molecular complexity index is 379. The zero-order valence-corrected chi connectivity index (χ0v) is 11.7. The topological polar surface area (TPSA) is 66.6 Å². The van der Waals surface area contributed by atoms with Gasteiger partial charge in [-0.25, -0.2) is 0 Å². The molecule has 0 aliphatic carbocycles. The Balaban J connectivity index is 2.68. The van der Waals surface area contributed by atoms with Crippen molar-refractivity contribution in [3.05, 3.63) is 35.9 Å². The van der Waals surface area contributed by atoms with Gasteiger partial charge >= 0.3 is 0 Å². The van der Waals surface area contributed by atoms with Gasteiger partial charge in [-0.1, -0.05) is 44.2 Å². The van der Waals surface area contributed by atoms with E-state index in [1.807, 2.05) is 44.2 Å². The number of benzene rings is 1. The van der Waals surface area contributed by atoms with E-state index >= 15 is 0 Å². The molecule has 0 unspecified atom stereocenters. The normalized spacial score (nSPS) is 12.5. The molecule has 0 aliphatic heterocycles. The van der Waals surface area contributed by atoms with Gasteiger partial charge in [0.2, 0.25) is 5.91 Å². The molecular formula is C15H24N2O2. The molecule has 1 atom stereocenters. The molecule has 1 amide bonds. The molecule has 0 aliphatic rings. The van der Waals surface area contributed by atoms with Gasteiger partial charge in [0.1, 0.15) is 0 Å². The maximum atomic E-state index is 12.3. The molecule has 0 saturated carbocycles. The van der Waals surface area contributed by atoms with Gasteiger partial charge in [0.05, 0.1) is 12.6 Å². The summed E-state index contributed by atoms with van der Waals surface area (Å²) in [5.74, 6) is 0.290. The smallest absolute Gasteiger partial charge is 0.239 e. The van der Waals surface area contributed by atoms with Crippen LogP contribution in [0.2, 0.25) is 0 Å². The van der Waals surface area contributed by atoms with Crippen LogP contribution in [0, 0.1) is 5.92 Å². The highest BCUT2D eigenvalue weighted by atomic mass is 16.3. The van der Waals surface area contributed by atoms with Crippen molar-refractivity contribution in [1.82, 2.24) is 4.90 Å². The van der Waals surface area contributed by atoms with Crippen LogP contribution >= 0.6 is 0 Å². The van der Waals surface area contributed by atoms with Crippen LogP contribution in [0.4, 0.5) is 0 Å². The first-order valence-electron chi connectivity index (χ1n) is 6.73. The van der Waals surface area contributed by atoms with Crippen LogP contribution in [0.1, 0.15) is 25.8 Å². The van der Waals surface area contributed by atoms with Crippen molar-refractivity contribution in [2.24, 2.45) is 11.7 Å². The van der Waals surface area contributed by atoms with Crippen LogP contribution in [-0.4, -0.2) is 35.1 Å². The fraction of sp³-hybridized carbons (Fsp3) is 0.533. The summed E-state index contributed by atoms with van der Waals surface area (Å²) >= 11 is 0. The first-order chi connectivity index (χ1) is 9.04. The van der Waals surface area contributed by atoms with E-state index < -0.39 is 6.04 Å². The van der Waals surface area contributed by atoms with E-state index in [-0.39, 0.29) is 12.5 Å². The highest BCUT2D eigenvalue weighted by Crippen LogP contribution is 2.09. The molecule has 0 bridgehead atoms. The lowest BCUT2D eigenvalue weighted by Crippen LogP contribution is -2.45. The fourth-order valence-corrected chi connectivity index (χ4v) is 2.03. The molecule has 0 radical (unpaired) electrons. The van der Waals surface area contributed by atoms with E-state index in [1.165, 1.54) is 0 Å². The number of hydrogen-bond donors (Lipinski definition) is 2. The molecule has 4 nitrogen and oxygen atoms in total. The highest BCUT2D eigenvalue weighted by molar-refractivity contribution is 5.81. The number of nitrogens with two attached hydrogens (primary N) is 1. The highest BCUT2D eigenvalue weighted by Gasteiger charge is 2.21. The molecule has 0 spiro atoms. The molecule has 1 aromatic rings. The standard InChI is InChI=1S/C15H24N2O2/c1-12(2)10-14(16)15(19)17(8-9-18)11-13-6-4-3-5-7-13/h3-7,12,14,18H,8-11,16H2,1-2H3/t14-/m0/s1. The van der Waals surface area contributed by atoms with Crippen molar-refractivity contribution in [2.75, 3.05) is 13.2 Å². The number of hydrogen-bond acceptors (Lipinski definition) is 3. The number of amides is 1. The van der Waals surface area contributed by atoms with Crippen molar-refractivity contribution in [3.8, 4) is 0 Å². The molecule has 3 N–H and O–H groups in total. The van der Waals surface area contributed by atoms with Crippen LogP contribution in [0.25, 0.3) is 0 Å². The summed E-state index contributed by atoms with van der Waals surface area (Å²) in [6, 6.07) is 9.25. The largest absolute Gasteiger partial charge is 0.395 e. The van der Waals surface area contributed by atoms with Gasteiger partial charge in [0.25, 0.3) is 0 Å². The van der Waals surface area contributed by atoms with E-state index in [0.29, 0.717) is 25.4 Å². The van der Waals surface area contributed by atoms with Crippen LogP contribution in [-0.2, 0) is 11.3 Å². The minimum absolute atomic E-state index is 0.0486. The molecule has 0 saturated heterocycles. The fourth-order valence-electron chi connectivity index (χ4n) is 2.03. The van der Waals surface area contributed by atoms with Gasteiger partial charge < -0.3 is 15.7 Å². The number of nitrogens with zero attached hydrogens (tertiary/aromatic N) is 1. The first kappa shape index (κ1) is 15.7. The minimum Gasteiger partial charge on any atom is -0.395 e. The third-order valence-electron chi connectivity index (χ3n) is 2.94. The zero-order valence-electron chi connectivity index (χ0n) is 11.7. The number of aliphatic hydroxyl groups is 1. The third-order valence-corrected chi connectivity index (χ3v) is 2.94. The molecule has 106 valence electrons. The molecule has 0 aromatic heterocycles. The van der Waals surface area contributed by atoms with Gasteiger partial charge in [-0.05, 0) is 17.9 Å². The van der Waals surface area contributed by atoms with Crippen molar-refractivity contribution in [2.45, 2.75) is 32.9 Å². The number of carbonyl (C=O) groups is 1. The van der Waals surface area contributed by atoms with Gasteiger partial charge in [-0.2, -0.15) is 0 Å². The Morgan fingerprint density at radius 2 is 1.95 bits per heavy atom. The van der Waals surface area contributed by atoms with Crippen molar-refractivity contribution >= 4 is 5.91 Å². The van der Waals surface area contributed by atoms with Crippen molar-refractivity contribution < 1.29 is 9.90 Å².